The molecule has 5 rings (SSSR count). The van der Waals surface area contributed by atoms with Gasteiger partial charge in [0.05, 0.1) is 10.6 Å². The summed E-state index contributed by atoms with van der Waals surface area (Å²) in [6, 6.07) is 18.7. The molecule has 164 valence electrons. The van der Waals surface area contributed by atoms with Crippen LogP contribution in [0.25, 0.3) is 11.5 Å². The number of anilines is 3. The lowest BCUT2D eigenvalue weighted by molar-refractivity contribution is 0.601. The van der Waals surface area contributed by atoms with Crippen molar-refractivity contribution in [3.05, 3.63) is 97.8 Å². The highest BCUT2D eigenvalue weighted by Gasteiger charge is 2.14. The van der Waals surface area contributed by atoms with Gasteiger partial charge in [-0.15, -0.1) is 0 Å². The summed E-state index contributed by atoms with van der Waals surface area (Å²) in [6.45, 7) is 0. The van der Waals surface area contributed by atoms with E-state index in [4.69, 9.17) is 0 Å². The Balaban J connectivity index is 1.27. The monoisotopic (exact) mass is 458 g/mol. The van der Waals surface area contributed by atoms with Gasteiger partial charge in [-0.25, -0.2) is 27.7 Å². The van der Waals surface area contributed by atoms with E-state index in [1.165, 1.54) is 6.33 Å². The number of rotatable bonds is 7. The Morgan fingerprint density at radius 1 is 0.758 bits per heavy atom. The molecular weight excluding hydrogens is 440 g/mol. The summed E-state index contributed by atoms with van der Waals surface area (Å²) < 4.78 is 31.4. The Bertz CT molecular complexity index is 1450. The molecule has 0 saturated heterocycles. The van der Waals surface area contributed by atoms with Crippen LogP contribution in [-0.4, -0.2) is 37.9 Å². The van der Waals surface area contributed by atoms with Gasteiger partial charge >= 0.3 is 0 Å². The average Bonchev–Trinajstić information content (AvgIpc) is 3.55. The summed E-state index contributed by atoms with van der Waals surface area (Å²) in [7, 11) is -3.73. The predicted molar refractivity (Wildman–Crippen MR) is 123 cm³/mol. The predicted octanol–water partition coefficient (Wildman–Crippen LogP) is 3.39. The first-order valence-corrected chi connectivity index (χ1v) is 11.4. The van der Waals surface area contributed by atoms with E-state index in [1.807, 2.05) is 6.07 Å². The third-order valence-electron chi connectivity index (χ3n) is 4.72. The lowest BCUT2D eigenvalue weighted by Gasteiger charge is -2.11. The maximum atomic E-state index is 12.8. The zero-order valence-corrected chi connectivity index (χ0v) is 18.0. The van der Waals surface area contributed by atoms with Crippen molar-refractivity contribution in [2.45, 2.75) is 4.90 Å². The van der Waals surface area contributed by atoms with E-state index in [9.17, 15) is 8.42 Å². The first-order chi connectivity index (χ1) is 16.1. The highest BCUT2D eigenvalue weighted by molar-refractivity contribution is 7.92. The van der Waals surface area contributed by atoms with Crippen molar-refractivity contribution in [1.29, 1.82) is 0 Å². The fourth-order valence-corrected chi connectivity index (χ4v) is 4.19. The molecule has 0 atom stereocenters. The molecule has 0 aliphatic rings. The van der Waals surface area contributed by atoms with Crippen molar-refractivity contribution >= 4 is 27.2 Å². The molecule has 0 aliphatic heterocycles. The first-order valence-electron chi connectivity index (χ1n) is 9.89. The van der Waals surface area contributed by atoms with Gasteiger partial charge in [-0.05, 0) is 60.7 Å². The molecule has 3 heterocycles. The Morgan fingerprint density at radius 3 is 2.09 bits per heavy atom. The summed E-state index contributed by atoms with van der Waals surface area (Å²) in [5.41, 5.74) is 1.96. The van der Waals surface area contributed by atoms with Gasteiger partial charge in [-0.1, -0.05) is 0 Å². The van der Waals surface area contributed by atoms with Crippen molar-refractivity contribution in [1.82, 2.24) is 29.5 Å². The number of nitrogens with zero attached hydrogens (tertiary/aromatic N) is 6. The van der Waals surface area contributed by atoms with Crippen molar-refractivity contribution in [3.8, 4) is 11.5 Å². The number of hydrogen-bond acceptors (Lipinski definition) is 7. The minimum Gasteiger partial charge on any atom is -0.340 e. The van der Waals surface area contributed by atoms with Crippen LogP contribution in [0.2, 0.25) is 0 Å². The van der Waals surface area contributed by atoms with Crippen LogP contribution < -0.4 is 10.0 Å². The van der Waals surface area contributed by atoms with Gasteiger partial charge in [0.15, 0.2) is 5.82 Å². The van der Waals surface area contributed by atoms with Gasteiger partial charge < -0.3 is 5.32 Å². The molecule has 0 fully saturated rings. The van der Waals surface area contributed by atoms with Crippen molar-refractivity contribution in [2.24, 2.45) is 0 Å². The third kappa shape index (κ3) is 4.57. The second-order valence-electron chi connectivity index (χ2n) is 6.96. The van der Waals surface area contributed by atoms with Crippen LogP contribution in [0.1, 0.15) is 0 Å². The van der Waals surface area contributed by atoms with Crippen molar-refractivity contribution in [3.63, 3.8) is 0 Å². The smallest absolute Gasteiger partial charge is 0.261 e. The van der Waals surface area contributed by atoms with Crippen molar-refractivity contribution in [2.75, 3.05) is 10.0 Å². The number of aromatic nitrogens is 6. The van der Waals surface area contributed by atoms with E-state index >= 15 is 0 Å². The van der Waals surface area contributed by atoms with Gasteiger partial charge in [0, 0.05) is 42.2 Å². The molecule has 11 heteroatoms. The van der Waals surface area contributed by atoms with Crippen LogP contribution in [-0.2, 0) is 10.0 Å². The topological polar surface area (TPSA) is 120 Å². The highest BCUT2D eigenvalue weighted by Crippen LogP contribution is 2.21. The number of sulfonamides is 1. The Hall–Kier alpha value is -4.51. The normalized spacial score (nSPS) is 11.3. The van der Waals surface area contributed by atoms with Crippen molar-refractivity contribution < 1.29 is 8.42 Å². The summed E-state index contributed by atoms with van der Waals surface area (Å²) in [6.07, 6.45) is 8.35. The van der Waals surface area contributed by atoms with Gasteiger partial charge in [0.1, 0.15) is 12.1 Å². The van der Waals surface area contributed by atoms with E-state index in [1.54, 1.807) is 94.8 Å². The van der Waals surface area contributed by atoms with Gasteiger partial charge in [0.25, 0.3) is 10.0 Å². The second-order valence-corrected chi connectivity index (χ2v) is 8.65. The Kier molecular flexibility index (Phi) is 5.29. The lowest BCUT2D eigenvalue weighted by atomic mass is 10.3. The zero-order chi connectivity index (χ0) is 22.7. The standard InChI is InChI=1S/C22H18N8O2S/c31-33(32,20-9-7-19(8-10-20)29-13-1-11-25-29)28-18-5-3-17(4-6-18)27-21-15-22(24-16-23-21)30-14-2-12-26-30/h1-16,28H,(H,23,24,27). The van der Waals surface area contributed by atoms with E-state index in [-0.39, 0.29) is 4.90 Å². The van der Waals surface area contributed by atoms with Crippen LogP contribution in [0, 0.1) is 0 Å². The third-order valence-corrected chi connectivity index (χ3v) is 6.11. The Labute approximate surface area is 189 Å². The SMILES string of the molecule is O=S(=O)(Nc1ccc(Nc2cc(-n3cccn3)ncn2)cc1)c1ccc(-n2cccn2)cc1. The quantitative estimate of drug-likeness (QED) is 0.384. The van der Waals surface area contributed by atoms with E-state index in [0.717, 1.165) is 11.4 Å². The maximum Gasteiger partial charge on any atom is 0.261 e. The molecule has 5 aromatic rings. The van der Waals surface area contributed by atoms with Gasteiger partial charge in [-0.2, -0.15) is 10.2 Å². The van der Waals surface area contributed by atoms with Crippen LogP contribution in [0.4, 0.5) is 17.2 Å². The first kappa shape index (κ1) is 20.4. The fraction of sp³-hybridized carbons (Fsp3) is 0. The molecule has 0 spiro atoms. The van der Waals surface area contributed by atoms with Crippen LogP contribution in [0.3, 0.4) is 0 Å². The average molecular weight is 459 g/mol. The van der Waals surface area contributed by atoms with E-state index in [2.05, 4.69) is 30.2 Å². The zero-order valence-electron chi connectivity index (χ0n) is 17.1. The molecule has 3 aromatic heterocycles. The molecule has 0 saturated carbocycles. The number of nitrogens with one attached hydrogen (secondary N) is 2. The minimum atomic E-state index is -3.73. The summed E-state index contributed by atoms with van der Waals surface area (Å²) in [5.74, 6) is 1.21. The Morgan fingerprint density at radius 2 is 1.42 bits per heavy atom. The molecule has 2 aromatic carbocycles. The molecule has 0 amide bonds. The van der Waals surface area contributed by atoms with Crippen LogP contribution in [0.5, 0.6) is 0 Å². The molecule has 0 aliphatic carbocycles. The summed E-state index contributed by atoms with van der Waals surface area (Å²) in [4.78, 5) is 8.56. The minimum absolute atomic E-state index is 0.160. The molecule has 10 nitrogen and oxygen atoms in total. The molecule has 0 radical (unpaired) electrons. The van der Waals surface area contributed by atoms with E-state index < -0.39 is 10.0 Å². The molecular formula is C22H18N8O2S. The summed E-state index contributed by atoms with van der Waals surface area (Å²) >= 11 is 0. The van der Waals surface area contributed by atoms with E-state index in [0.29, 0.717) is 17.3 Å². The summed E-state index contributed by atoms with van der Waals surface area (Å²) in [5, 5.41) is 11.5. The van der Waals surface area contributed by atoms with Crippen LogP contribution in [0.15, 0.2) is 103 Å². The van der Waals surface area contributed by atoms with Gasteiger partial charge in [0.2, 0.25) is 0 Å². The lowest BCUT2D eigenvalue weighted by Crippen LogP contribution is -2.13. The highest BCUT2D eigenvalue weighted by atomic mass is 32.2. The maximum absolute atomic E-state index is 12.8. The molecule has 2 N–H and O–H groups in total. The number of hydrogen-bond donors (Lipinski definition) is 2. The largest absolute Gasteiger partial charge is 0.340 e. The molecule has 0 bridgehead atoms. The fourth-order valence-electron chi connectivity index (χ4n) is 3.13. The number of benzene rings is 2. The van der Waals surface area contributed by atoms with Crippen LogP contribution >= 0.6 is 0 Å². The van der Waals surface area contributed by atoms with Gasteiger partial charge in [-0.3, -0.25) is 4.72 Å². The molecule has 0 unspecified atom stereocenters. The second kappa shape index (κ2) is 8.55. The molecule has 33 heavy (non-hydrogen) atoms.